The molecule has 2 nitrogen and oxygen atoms in total. The van der Waals surface area contributed by atoms with Crippen LogP contribution in [0.4, 0.5) is 4.39 Å². The van der Waals surface area contributed by atoms with E-state index in [-0.39, 0.29) is 12.4 Å². The minimum Gasteiger partial charge on any atom is -0.395 e. The summed E-state index contributed by atoms with van der Waals surface area (Å²) in [6.07, 6.45) is 0.516. The van der Waals surface area contributed by atoms with E-state index in [9.17, 15) is 9.50 Å². The highest BCUT2D eigenvalue weighted by molar-refractivity contribution is 5.36. The molecule has 3 N–H and O–H groups in total. The lowest BCUT2D eigenvalue weighted by Gasteiger charge is -2.32. The van der Waals surface area contributed by atoms with Crippen LogP contribution in [0.2, 0.25) is 0 Å². The molecular formula is C17H20FNO. The fraction of sp³-hybridized carbons (Fsp3) is 0.294. The molecule has 2 aromatic rings. The van der Waals surface area contributed by atoms with Crippen LogP contribution in [0.1, 0.15) is 16.7 Å². The van der Waals surface area contributed by atoms with E-state index < -0.39 is 5.41 Å². The Kier molecular flexibility index (Phi) is 4.53. The Morgan fingerprint density at radius 2 is 1.90 bits per heavy atom. The molecular weight excluding hydrogens is 253 g/mol. The Bertz CT molecular complexity index is 579. The van der Waals surface area contributed by atoms with Gasteiger partial charge in [-0.3, -0.25) is 0 Å². The minimum absolute atomic E-state index is 0.0646. The van der Waals surface area contributed by atoms with E-state index in [1.165, 1.54) is 12.1 Å². The summed E-state index contributed by atoms with van der Waals surface area (Å²) in [4.78, 5) is 0. The second kappa shape index (κ2) is 6.16. The summed E-state index contributed by atoms with van der Waals surface area (Å²) in [5, 5.41) is 9.91. The van der Waals surface area contributed by atoms with Crippen molar-refractivity contribution in [1.82, 2.24) is 0 Å². The average Bonchev–Trinajstić information content (AvgIpc) is 2.46. The maximum atomic E-state index is 13.3. The number of hydrogen-bond acceptors (Lipinski definition) is 2. The van der Waals surface area contributed by atoms with Gasteiger partial charge in [0.05, 0.1) is 6.61 Å². The van der Waals surface area contributed by atoms with Gasteiger partial charge >= 0.3 is 0 Å². The Balaban J connectivity index is 2.42. The molecule has 0 saturated heterocycles. The first-order valence-corrected chi connectivity index (χ1v) is 6.73. The summed E-state index contributed by atoms with van der Waals surface area (Å²) in [6, 6.07) is 14.3. The maximum absolute atomic E-state index is 13.3. The zero-order valence-electron chi connectivity index (χ0n) is 11.6. The number of aliphatic hydroxyl groups excluding tert-OH is 1. The molecule has 2 aromatic carbocycles. The molecule has 0 saturated carbocycles. The lowest BCUT2D eigenvalue weighted by molar-refractivity contribution is 0.195. The van der Waals surface area contributed by atoms with Crippen LogP contribution in [-0.2, 0) is 11.8 Å². The molecule has 0 heterocycles. The van der Waals surface area contributed by atoms with Crippen LogP contribution in [0.15, 0.2) is 48.5 Å². The molecule has 20 heavy (non-hydrogen) atoms. The second-order valence-corrected chi connectivity index (χ2v) is 5.26. The van der Waals surface area contributed by atoms with E-state index in [1.54, 1.807) is 6.07 Å². The highest BCUT2D eigenvalue weighted by Gasteiger charge is 2.31. The minimum atomic E-state index is -0.570. The second-order valence-electron chi connectivity index (χ2n) is 5.26. The molecule has 2 rings (SSSR count). The standard InChI is InChI=1S/C17H20FNO/c1-13-5-2-3-8-16(13)17(11-19,12-20)10-14-6-4-7-15(18)9-14/h2-9,20H,10-12,19H2,1H3. The molecule has 106 valence electrons. The SMILES string of the molecule is Cc1ccccc1C(CN)(CO)Cc1cccc(F)c1. The summed E-state index contributed by atoms with van der Waals surface area (Å²) in [7, 11) is 0. The zero-order chi connectivity index (χ0) is 14.6. The first kappa shape index (κ1) is 14.7. The van der Waals surface area contributed by atoms with Crippen molar-refractivity contribution >= 4 is 0 Å². The summed E-state index contributed by atoms with van der Waals surface area (Å²) >= 11 is 0. The van der Waals surface area contributed by atoms with Crippen molar-refractivity contribution in [1.29, 1.82) is 0 Å². The van der Waals surface area contributed by atoms with Crippen molar-refractivity contribution in [2.45, 2.75) is 18.8 Å². The van der Waals surface area contributed by atoms with E-state index in [4.69, 9.17) is 5.73 Å². The van der Waals surface area contributed by atoms with E-state index >= 15 is 0 Å². The first-order chi connectivity index (χ1) is 9.61. The first-order valence-electron chi connectivity index (χ1n) is 6.73. The largest absolute Gasteiger partial charge is 0.395 e. The van der Waals surface area contributed by atoms with Crippen molar-refractivity contribution in [3.63, 3.8) is 0 Å². The topological polar surface area (TPSA) is 46.2 Å². The molecule has 3 heteroatoms. The molecule has 0 aliphatic heterocycles. The van der Waals surface area contributed by atoms with Crippen molar-refractivity contribution in [2.24, 2.45) is 5.73 Å². The normalized spacial score (nSPS) is 14.0. The Morgan fingerprint density at radius 1 is 1.15 bits per heavy atom. The van der Waals surface area contributed by atoms with Gasteiger partial charge in [0.1, 0.15) is 5.82 Å². The summed E-state index contributed by atoms with van der Waals surface area (Å²) in [5.41, 5.74) is 8.33. The third-order valence-corrected chi connectivity index (χ3v) is 3.84. The van der Waals surface area contributed by atoms with Gasteiger partial charge in [0.2, 0.25) is 0 Å². The molecule has 1 unspecified atom stereocenters. The van der Waals surface area contributed by atoms with E-state index in [1.807, 2.05) is 37.3 Å². The third-order valence-electron chi connectivity index (χ3n) is 3.84. The van der Waals surface area contributed by atoms with Gasteiger partial charge in [-0.25, -0.2) is 4.39 Å². The molecule has 0 aromatic heterocycles. The average molecular weight is 273 g/mol. The predicted molar refractivity (Wildman–Crippen MR) is 79.1 cm³/mol. The van der Waals surface area contributed by atoms with Gasteiger partial charge in [-0.1, -0.05) is 36.4 Å². The number of aryl methyl sites for hydroxylation is 1. The number of nitrogens with two attached hydrogens (primary N) is 1. The van der Waals surface area contributed by atoms with Gasteiger partial charge < -0.3 is 10.8 Å². The van der Waals surface area contributed by atoms with Crippen LogP contribution in [0.25, 0.3) is 0 Å². The molecule has 0 amide bonds. The van der Waals surface area contributed by atoms with Crippen LogP contribution in [0.5, 0.6) is 0 Å². The molecule has 0 aliphatic rings. The van der Waals surface area contributed by atoms with Crippen LogP contribution < -0.4 is 5.73 Å². The monoisotopic (exact) mass is 273 g/mol. The number of rotatable bonds is 5. The lowest BCUT2D eigenvalue weighted by atomic mass is 9.74. The van der Waals surface area contributed by atoms with Gasteiger partial charge in [-0.05, 0) is 42.2 Å². The zero-order valence-corrected chi connectivity index (χ0v) is 11.6. The van der Waals surface area contributed by atoms with Gasteiger partial charge in [0, 0.05) is 12.0 Å². The number of hydrogen-bond donors (Lipinski definition) is 2. The van der Waals surface area contributed by atoms with Crippen molar-refractivity contribution < 1.29 is 9.50 Å². The molecule has 0 aliphatic carbocycles. The fourth-order valence-corrected chi connectivity index (χ4v) is 2.69. The number of aliphatic hydroxyl groups is 1. The highest BCUT2D eigenvalue weighted by atomic mass is 19.1. The van der Waals surface area contributed by atoms with Gasteiger partial charge in [0.15, 0.2) is 0 Å². The van der Waals surface area contributed by atoms with Crippen molar-refractivity contribution in [3.8, 4) is 0 Å². The number of benzene rings is 2. The third kappa shape index (κ3) is 2.89. The maximum Gasteiger partial charge on any atom is 0.123 e. The van der Waals surface area contributed by atoms with E-state index in [2.05, 4.69) is 0 Å². The van der Waals surface area contributed by atoms with Gasteiger partial charge in [-0.15, -0.1) is 0 Å². The van der Waals surface area contributed by atoms with Crippen LogP contribution >= 0.6 is 0 Å². The van der Waals surface area contributed by atoms with Crippen LogP contribution in [-0.4, -0.2) is 18.3 Å². The summed E-state index contributed by atoms with van der Waals surface area (Å²) in [5.74, 6) is -0.267. The van der Waals surface area contributed by atoms with Crippen LogP contribution in [0, 0.1) is 12.7 Å². The summed E-state index contributed by atoms with van der Waals surface area (Å²) < 4.78 is 13.3. The molecule has 0 spiro atoms. The van der Waals surface area contributed by atoms with E-state index in [0.29, 0.717) is 13.0 Å². The predicted octanol–water partition coefficient (Wildman–Crippen LogP) is 2.57. The van der Waals surface area contributed by atoms with Crippen molar-refractivity contribution in [3.05, 3.63) is 71.0 Å². The Morgan fingerprint density at radius 3 is 2.50 bits per heavy atom. The van der Waals surface area contributed by atoms with Crippen LogP contribution in [0.3, 0.4) is 0 Å². The summed E-state index contributed by atoms with van der Waals surface area (Å²) in [6.45, 7) is 2.25. The van der Waals surface area contributed by atoms with Crippen molar-refractivity contribution in [2.75, 3.05) is 13.2 Å². The quantitative estimate of drug-likeness (QED) is 0.879. The lowest BCUT2D eigenvalue weighted by Crippen LogP contribution is -2.41. The Labute approximate surface area is 119 Å². The Hall–Kier alpha value is -1.71. The van der Waals surface area contributed by atoms with E-state index in [0.717, 1.165) is 16.7 Å². The molecule has 1 atom stereocenters. The molecule has 0 fully saturated rings. The van der Waals surface area contributed by atoms with Gasteiger partial charge in [0.25, 0.3) is 0 Å². The smallest absolute Gasteiger partial charge is 0.123 e. The highest BCUT2D eigenvalue weighted by Crippen LogP contribution is 2.30. The fourth-order valence-electron chi connectivity index (χ4n) is 2.69. The number of halogens is 1. The molecule has 0 radical (unpaired) electrons. The van der Waals surface area contributed by atoms with Gasteiger partial charge in [-0.2, -0.15) is 0 Å². The molecule has 0 bridgehead atoms.